The second kappa shape index (κ2) is 12.6. The standard InChI is InChI=1S/C11H18O.C11H16O.B.Na.H/c2*12-11-7-9-5-3-1-2-4-6-10(9)8-11;;;/h1-2,9-12H,3-8H2;1-2,9-10H,3-8H2;;;/q;;;+1;-1/b2*2-1-;;;. The number of aliphatic hydroxyl groups is 1. The van der Waals surface area contributed by atoms with E-state index >= 15 is 0 Å². The summed E-state index contributed by atoms with van der Waals surface area (Å²) in [7, 11) is 0. The van der Waals surface area contributed by atoms with Crippen LogP contribution >= 0.6 is 0 Å². The van der Waals surface area contributed by atoms with E-state index in [1.807, 2.05) is 0 Å². The molecule has 0 aliphatic heterocycles. The Kier molecular flexibility index (Phi) is 11.7. The molecule has 4 atom stereocenters. The van der Waals surface area contributed by atoms with Crippen LogP contribution in [0.4, 0.5) is 0 Å². The van der Waals surface area contributed by atoms with Gasteiger partial charge in [-0.3, -0.25) is 4.79 Å². The van der Waals surface area contributed by atoms with Crippen LogP contribution in [0.25, 0.3) is 0 Å². The maximum Gasteiger partial charge on any atom is 1.00 e. The van der Waals surface area contributed by atoms with E-state index in [0.717, 1.165) is 49.4 Å². The van der Waals surface area contributed by atoms with Crippen molar-refractivity contribution < 1.29 is 40.9 Å². The Morgan fingerprint density at radius 1 is 0.731 bits per heavy atom. The van der Waals surface area contributed by atoms with Crippen molar-refractivity contribution in [1.82, 2.24) is 0 Å². The molecule has 2 saturated carbocycles. The molecule has 4 aliphatic carbocycles. The number of hydrogen-bond donors (Lipinski definition) is 1. The second-order valence-corrected chi connectivity index (χ2v) is 8.36. The van der Waals surface area contributed by atoms with E-state index in [1.165, 1.54) is 51.4 Å². The molecule has 2 nitrogen and oxygen atoms in total. The van der Waals surface area contributed by atoms with Crippen LogP contribution in [0.2, 0.25) is 0 Å². The molecule has 4 unspecified atom stereocenters. The number of aliphatic hydroxyl groups excluding tert-OH is 1. The van der Waals surface area contributed by atoms with Crippen molar-refractivity contribution in [3.05, 3.63) is 24.3 Å². The molecule has 0 aromatic heterocycles. The van der Waals surface area contributed by atoms with Crippen molar-refractivity contribution in [3.63, 3.8) is 0 Å². The Labute approximate surface area is 185 Å². The van der Waals surface area contributed by atoms with Crippen molar-refractivity contribution >= 4 is 14.2 Å². The molecule has 4 heteroatoms. The number of fused-ring (bicyclic) bond motifs is 2. The number of hydrogen-bond acceptors (Lipinski definition) is 2. The van der Waals surface area contributed by atoms with E-state index in [1.54, 1.807) is 0 Å². The molecule has 3 radical (unpaired) electrons. The summed E-state index contributed by atoms with van der Waals surface area (Å²) < 4.78 is 0. The third kappa shape index (κ3) is 7.30. The van der Waals surface area contributed by atoms with Gasteiger partial charge < -0.3 is 6.53 Å². The molecular formula is C22H35BNaO2. The molecule has 2 fully saturated rings. The van der Waals surface area contributed by atoms with Crippen LogP contribution in [-0.4, -0.2) is 25.4 Å². The maximum absolute atomic E-state index is 11.2. The summed E-state index contributed by atoms with van der Waals surface area (Å²) in [4.78, 5) is 11.2. The number of rotatable bonds is 0. The van der Waals surface area contributed by atoms with Gasteiger partial charge in [0.2, 0.25) is 0 Å². The zero-order valence-electron chi connectivity index (χ0n) is 17.6. The minimum atomic E-state index is 0. The van der Waals surface area contributed by atoms with Gasteiger partial charge in [0.15, 0.2) is 0 Å². The molecule has 0 heterocycles. The van der Waals surface area contributed by atoms with Crippen LogP contribution in [0.5, 0.6) is 0 Å². The number of carbonyl (C=O) groups excluding carboxylic acids is 1. The number of Topliss-reactive ketones (excluding diaryl/α,β-unsaturated/α-hetero) is 1. The minimum Gasteiger partial charge on any atom is -1.00 e. The first-order chi connectivity index (χ1) is 11.7. The third-order valence-corrected chi connectivity index (χ3v) is 6.61. The fourth-order valence-electron chi connectivity index (χ4n) is 5.28. The first-order valence-electron chi connectivity index (χ1n) is 10.2. The molecule has 139 valence electrons. The van der Waals surface area contributed by atoms with E-state index in [4.69, 9.17) is 0 Å². The molecule has 1 N–H and O–H groups in total. The van der Waals surface area contributed by atoms with Gasteiger partial charge in [-0.05, 0) is 87.9 Å². The maximum atomic E-state index is 11.2. The average Bonchev–Trinajstić information content (AvgIpc) is 3.03. The van der Waals surface area contributed by atoms with E-state index in [2.05, 4.69) is 24.3 Å². The van der Waals surface area contributed by atoms with Gasteiger partial charge in [-0.25, -0.2) is 0 Å². The van der Waals surface area contributed by atoms with Crippen LogP contribution in [0.1, 0.15) is 78.5 Å². The van der Waals surface area contributed by atoms with Crippen LogP contribution in [0, 0.1) is 23.7 Å². The topological polar surface area (TPSA) is 37.3 Å². The van der Waals surface area contributed by atoms with E-state index in [-0.39, 0.29) is 45.5 Å². The summed E-state index contributed by atoms with van der Waals surface area (Å²) in [5.41, 5.74) is 0. The fourth-order valence-corrected chi connectivity index (χ4v) is 5.28. The van der Waals surface area contributed by atoms with E-state index in [0.29, 0.717) is 5.78 Å². The predicted octanol–water partition coefficient (Wildman–Crippen LogP) is 1.95. The summed E-state index contributed by atoms with van der Waals surface area (Å²) >= 11 is 0. The van der Waals surface area contributed by atoms with Crippen LogP contribution < -0.4 is 29.6 Å². The van der Waals surface area contributed by atoms with Crippen molar-refractivity contribution in [2.24, 2.45) is 23.7 Å². The molecule has 0 spiro atoms. The zero-order chi connectivity index (χ0) is 16.8. The number of ketones is 1. The molecule has 0 amide bonds. The molecule has 4 aliphatic rings. The van der Waals surface area contributed by atoms with Crippen LogP contribution in [-0.2, 0) is 4.79 Å². The summed E-state index contributed by atoms with van der Waals surface area (Å²) in [6.45, 7) is 0. The summed E-state index contributed by atoms with van der Waals surface area (Å²) in [5, 5.41) is 9.52. The first-order valence-corrected chi connectivity index (χ1v) is 10.2. The molecular weight excluding hydrogens is 330 g/mol. The zero-order valence-corrected chi connectivity index (χ0v) is 18.6. The van der Waals surface area contributed by atoms with Gasteiger partial charge in [-0.1, -0.05) is 24.3 Å². The molecule has 0 bridgehead atoms. The smallest absolute Gasteiger partial charge is 1.00 e. The van der Waals surface area contributed by atoms with Crippen molar-refractivity contribution in [2.45, 2.75) is 83.2 Å². The third-order valence-electron chi connectivity index (χ3n) is 6.61. The van der Waals surface area contributed by atoms with Crippen molar-refractivity contribution in [2.75, 3.05) is 0 Å². The summed E-state index contributed by atoms with van der Waals surface area (Å²) in [5.74, 6) is 3.60. The van der Waals surface area contributed by atoms with Gasteiger partial charge in [0.25, 0.3) is 0 Å². The fraction of sp³-hybridized carbons (Fsp3) is 0.773. The predicted molar refractivity (Wildman–Crippen MR) is 106 cm³/mol. The van der Waals surface area contributed by atoms with E-state index < -0.39 is 0 Å². The Hall–Kier alpha value is 0.175. The Morgan fingerprint density at radius 3 is 1.46 bits per heavy atom. The number of carbonyl (C=O) groups is 1. The molecule has 0 aromatic rings. The molecule has 0 saturated heterocycles. The summed E-state index contributed by atoms with van der Waals surface area (Å²) in [6.07, 6.45) is 23.0. The second-order valence-electron chi connectivity index (χ2n) is 8.36. The quantitative estimate of drug-likeness (QED) is 0.526. The Morgan fingerprint density at radius 2 is 1.08 bits per heavy atom. The van der Waals surface area contributed by atoms with Gasteiger partial charge in [-0.2, -0.15) is 0 Å². The number of allylic oxidation sites excluding steroid dienone is 4. The van der Waals surface area contributed by atoms with E-state index in [9.17, 15) is 9.90 Å². The van der Waals surface area contributed by atoms with Gasteiger partial charge in [0, 0.05) is 21.3 Å². The monoisotopic (exact) mass is 365 g/mol. The minimum absolute atomic E-state index is 0. The van der Waals surface area contributed by atoms with Crippen LogP contribution in [0.15, 0.2) is 24.3 Å². The largest absolute Gasteiger partial charge is 1.00 e. The average molecular weight is 365 g/mol. The van der Waals surface area contributed by atoms with Crippen molar-refractivity contribution in [1.29, 1.82) is 0 Å². The molecule has 26 heavy (non-hydrogen) atoms. The first kappa shape index (κ1) is 24.2. The van der Waals surface area contributed by atoms with Crippen molar-refractivity contribution in [3.8, 4) is 0 Å². The van der Waals surface area contributed by atoms with Gasteiger partial charge >= 0.3 is 29.6 Å². The normalized spacial score (nSPS) is 38.3. The van der Waals surface area contributed by atoms with Gasteiger partial charge in [0.05, 0.1) is 6.10 Å². The van der Waals surface area contributed by atoms with Crippen LogP contribution in [0.3, 0.4) is 0 Å². The van der Waals surface area contributed by atoms with Gasteiger partial charge in [-0.15, -0.1) is 0 Å². The molecule has 4 rings (SSSR count). The Bertz CT molecular complexity index is 445. The van der Waals surface area contributed by atoms with Gasteiger partial charge in [0.1, 0.15) is 5.78 Å². The SMILES string of the molecule is O=C1CC2CC/C=C\CCC2C1.OC1CC2CC/C=C\CCC2C1.[B].[H-].[Na+]. The molecule has 0 aromatic carbocycles. The summed E-state index contributed by atoms with van der Waals surface area (Å²) in [6, 6.07) is 0. The Balaban J connectivity index is 0.000000451.